The molecule has 0 atom stereocenters. The van der Waals surface area contributed by atoms with Crippen molar-refractivity contribution in [3.8, 4) is 11.6 Å². The largest absolute Gasteiger partial charge is 0.437 e. The molecule has 0 saturated heterocycles. The highest BCUT2D eigenvalue weighted by Gasteiger charge is 2.20. The van der Waals surface area contributed by atoms with Crippen molar-refractivity contribution in [1.29, 1.82) is 0 Å². The lowest BCUT2D eigenvalue weighted by atomic mass is 9.86. The molecule has 1 heterocycles. The molecule has 0 radical (unpaired) electrons. The monoisotopic (exact) mass is 290 g/mol. The molecular weight excluding hydrogens is 272 g/mol. The average molecular weight is 291 g/mol. The molecule has 0 amide bonds. The van der Waals surface area contributed by atoms with Gasteiger partial charge in [-0.25, -0.2) is 4.98 Å². The Hall–Kier alpha value is -1.74. The van der Waals surface area contributed by atoms with Crippen LogP contribution < -0.4 is 10.5 Å². The van der Waals surface area contributed by atoms with Crippen LogP contribution in [0.25, 0.3) is 0 Å². The topological polar surface area (TPSA) is 48.1 Å². The second kappa shape index (κ2) is 5.33. The van der Waals surface area contributed by atoms with E-state index >= 15 is 0 Å². The van der Waals surface area contributed by atoms with Crippen molar-refractivity contribution < 1.29 is 4.74 Å². The van der Waals surface area contributed by atoms with E-state index in [4.69, 9.17) is 22.1 Å². The van der Waals surface area contributed by atoms with E-state index in [1.54, 1.807) is 6.07 Å². The first-order chi connectivity index (χ1) is 9.27. The van der Waals surface area contributed by atoms with Gasteiger partial charge in [-0.05, 0) is 30.0 Å². The van der Waals surface area contributed by atoms with Gasteiger partial charge in [0.1, 0.15) is 5.75 Å². The Kier molecular flexibility index (Phi) is 3.91. The fourth-order valence-corrected chi connectivity index (χ4v) is 2.13. The van der Waals surface area contributed by atoms with Crippen LogP contribution in [0.15, 0.2) is 30.5 Å². The van der Waals surface area contributed by atoms with Gasteiger partial charge >= 0.3 is 0 Å². The molecule has 20 heavy (non-hydrogen) atoms. The van der Waals surface area contributed by atoms with Crippen molar-refractivity contribution in [3.05, 3.63) is 46.6 Å². The van der Waals surface area contributed by atoms with Gasteiger partial charge in [0.05, 0.1) is 10.7 Å². The Morgan fingerprint density at radius 1 is 1.20 bits per heavy atom. The van der Waals surface area contributed by atoms with E-state index in [0.29, 0.717) is 16.6 Å². The zero-order valence-electron chi connectivity index (χ0n) is 12.2. The van der Waals surface area contributed by atoms with Gasteiger partial charge in [-0.15, -0.1) is 0 Å². The van der Waals surface area contributed by atoms with Crippen LogP contribution in [0.2, 0.25) is 5.02 Å². The molecule has 0 aliphatic heterocycles. The minimum atomic E-state index is -0.0236. The standard InChI is InChI=1S/C16H19ClN2O/c1-10-5-6-12(16(2,3)4)14(7-10)20-15-13(18)8-11(17)9-19-15/h5-9H,18H2,1-4H3. The predicted octanol–water partition coefficient (Wildman–Crippen LogP) is 4.72. The zero-order chi connectivity index (χ0) is 14.9. The lowest BCUT2D eigenvalue weighted by Gasteiger charge is -2.23. The second-order valence-electron chi connectivity index (χ2n) is 5.90. The van der Waals surface area contributed by atoms with Crippen LogP contribution in [0, 0.1) is 6.92 Å². The van der Waals surface area contributed by atoms with E-state index in [1.165, 1.54) is 6.20 Å². The van der Waals surface area contributed by atoms with Gasteiger partial charge in [0, 0.05) is 11.8 Å². The number of hydrogen-bond acceptors (Lipinski definition) is 3. The van der Waals surface area contributed by atoms with Gasteiger partial charge in [0.25, 0.3) is 0 Å². The molecule has 0 spiro atoms. The van der Waals surface area contributed by atoms with E-state index in [1.807, 2.05) is 13.0 Å². The van der Waals surface area contributed by atoms with Gasteiger partial charge in [-0.3, -0.25) is 0 Å². The van der Waals surface area contributed by atoms with Crippen LogP contribution in [0.5, 0.6) is 11.6 Å². The Bertz CT molecular complexity index is 633. The Labute approximate surface area is 124 Å². The van der Waals surface area contributed by atoms with E-state index in [-0.39, 0.29) is 5.41 Å². The van der Waals surface area contributed by atoms with E-state index in [0.717, 1.165) is 16.9 Å². The van der Waals surface area contributed by atoms with Crippen molar-refractivity contribution in [1.82, 2.24) is 4.98 Å². The van der Waals surface area contributed by atoms with Gasteiger partial charge in [0.15, 0.2) is 0 Å². The molecule has 1 aromatic heterocycles. The van der Waals surface area contributed by atoms with Crippen LogP contribution >= 0.6 is 11.6 Å². The molecule has 2 N–H and O–H groups in total. The van der Waals surface area contributed by atoms with Crippen LogP contribution in [0.1, 0.15) is 31.9 Å². The third-order valence-electron chi connectivity index (χ3n) is 3.00. The van der Waals surface area contributed by atoms with E-state index < -0.39 is 0 Å². The highest BCUT2D eigenvalue weighted by atomic mass is 35.5. The Morgan fingerprint density at radius 3 is 2.50 bits per heavy atom. The molecular formula is C16H19ClN2O. The van der Waals surface area contributed by atoms with Crippen molar-refractivity contribution in [2.24, 2.45) is 0 Å². The fourth-order valence-electron chi connectivity index (χ4n) is 1.97. The summed E-state index contributed by atoms with van der Waals surface area (Å²) in [5.74, 6) is 1.16. The number of halogens is 1. The van der Waals surface area contributed by atoms with Crippen LogP contribution in [-0.2, 0) is 5.41 Å². The molecule has 0 aliphatic rings. The minimum Gasteiger partial charge on any atom is -0.437 e. The molecule has 3 nitrogen and oxygen atoms in total. The van der Waals surface area contributed by atoms with Crippen molar-refractivity contribution in [2.75, 3.05) is 5.73 Å². The SMILES string of the molecule is Cc1ccc(C(C)(C)C)c(Oc2ncc(Cl)cc2N)c1. The highest BCUT2D eigenvalue weighted by Crippen LogP contribution is 2.36. The van der Waals surface area contributed by atoms with Gasteiger partial charge in [0.2, 0.25) is 5.88 Å². The molecule has 4 heteroatoms. The number of rotatable bonds is 2. The quantitative estimate of drug-likeness (QED) is 0.871. The number of nitrogens with zero attached hydrogens (tertiary/aromatic N) is 1. The molecule has 0 saturated carbocycles. The maximum Gasteiger partial charge on any atom is 0.242 e. The number of anilines is 1. The van der Waals surface area contributed by atoms with Crippen molar-refractivity contribution in [3.63, 3.8) is 0 Å². The summed E-state index contributed by atoms with van der Waals surface area (Å²) in [6.45, 7) is 8.45. The highest BCUT2D eigenvalue weighted by molar-refractivity contribution is 6.30. The number of aryl methyl sites for hydroxylation is 1. The summed E-state index contributed by atoms with van der Waals surface area (Å²) < 4.78 is 5.91. The molecule has 0 fully saturated rings. The van der Waals surface area contributed by atoms with Gasteiger partial charge in [-0.1, -0.05) is 44.5 Å². The summed E-state index contributed by atoms with van der Waals surface area (Å²) in [5.41, 5.74) is 8.54. The number of aromatic nitrogens is 1. The molecule has 1 aromatic carbocycles. The van der Waals surface area contributed by atoms with E-state index in [9.17, 15) is 0 Å². The molecule has 0 bridgehead atoms. The molecule has 2 aromatic rings. The molecule has 2 rings (SSSR count). The van der Waals surface area contributed by atoms with Crippen LogP contribution in [0.3, 0.4) is 0 Å². The lowest BCUT2D eigenvalue weighted by Crippen LogP contribution is -2.13. The summed E-state index contributed by atoms with van der Waals surface area (Å²) in [4.78, 5) is 4.15. The van der Waals surface area contributed by atoms with Gasteiger partial charge in [-0.2, -0.15) is 0 Å². The van der Waals surface area contributed by atoms with Gasteiger partial charge < -0.3 is 10.5 Å². The first-order valence-electron chi connectivity index (χ1n) is 6.47. The van der Waals surface area contributed by atoms with Crippen LogP contribution in [0.4, 0.5) is 5.69 Å². The Balaban J connectivity index is 2.45. The number of ether oxygens (including phenoxy) is 1. The maximum atomic E-state index is 5.91. The number of nitrogen functional groups attached to an aromatic ring is 1. The number of pyridine rings is 1. The normalized spacial score (nSPS) is 11.4. The first kappa shape index (κ1) is 14.7. The smallest absolute Gasteiger partial charge is 0.242 e. The summed E-state index contributed by atoms with van der Waals surface area (Å²) in [6, 6.07) is 7.79. The van der Waals surface area contributed by atoms with Crippen molar-refractivity contribution in [2.45, 2.75) is 33.1 Å². The molecule has 0 unspecified atom stereocenters. The van der Waals surface area contributed by atoms with Crippen LogP contribution in [-0.4, -0.2) is 4.98 Å². The number of benzene rings is 1. The third-order valence-corrected chi connectivity index (χ3v) is 3.20. The molecule has 0 aliphatic carbocycles. The molecule has 106 valence electrons. The average Bonchev–Trinajstić information content (AvgIpc) is 2.31. The third kappa shape index (κ3) is 3.23. The van der Waals surface area contributed by atoms with Crippen molar-refractivity contribution >= 4 is 17.3 Å². The first-order valence-corrected chi connectivity index (χ1v) is 6.85. The maximum absolute atomic E-state index is 5.91. The second-order valence-corrected chi connectivity index (χ2v) is 6.34. The lowest BCUT2D eigenvalue weighted by molar-refractivity contribution is 0.441. The Morgan fingerprint density at radius 2 is 1.90 bits per heavy atom. The summed E-state index contributed by atoms with van der Waals surface area (Å²) >= 11 is 5.85. The summed E-state index contributed by atoms with van der Waals surface area (Å²) in [5, 5.41) is 0.495. The fraction of sp³-hybridized carbons (Fsp3) is 0.312. The number of hydrogen-bond donors (Lipinski definition) is 1. The summed E-state index contributed by atoms with van der Waals surface area (Å²) in [6.07, 6.45) is 1.53. The van der Waals surface area contributed by atoms with E-state index in [2.05, 4.69) is 37.9 Å². The minimum absolute atomic E-state index is 0.0236. The summed E-state index contributed by atoms with van der Waals surface area (Å²) in [7, 11) is 0. The number of nitrogens with two attached hydrogens (primary N) is 1. The zero-order valence-corrected chi connectivity index (χ0v) is 13.0. The predicted molar refractivity (Wildman–Crippen MR) is 83.6 cm³/mol.